The summed E-state index contributed by atoms with van der Waals surface area (Å²) in [6.07, 6.45) is 0.736. The second-order valence-corrected chi connectivity index (χ2v) is 3.84. The van der Waals surface area contributed by atoms with E-state index in [0.717, 1.165) is 12.5 Å². The number of hydrogen-bond acceptors (Lipinski definition) is 3. The summed E-state index contributed by atoms with van der Waals surface area (Å²) in [7, 11) is 0. The molecule has 0 fully saturated rings. The Balaban J connectivity index is 2.94. The van der Waals surface area contributed by atoms with Crippen LogP contribution in [0.5, 0.6) is 0 Å². The second kappa shape index (κ2) is 5.11. The fraction of sp³-hybridized carbons (Fsp3) is 0.300. The third kappa shape index (κ3) is 2.92. The van der Waals surface area contributed by atoms with Crippen molar-refractivity contribution in [1.82, 2.24) is 0 Å². The number of hydrogen-bond donors (Lipinski definition) is 1. The van der Waals surface area contributed by atoms with Crippen LogP contribution in [0.2, 0.25) is 0 Å². The van der Waals surface area contributed by atoms with Gasteiger partial charge < -0.3 is 10.5 Å². The van der Waals surface area contributed by atoms with Gasteiger partial charge in [-0.1, -0.05) is 6.92 Å². The Kier molecular flexibility index (Phi) is 4.08. The number of esters is 1. The molecule has 2 N–H and O–H groups in total. The van der Waals surface area contributed by atoms with Gasteiger partial charge in [0.2, 0.25) is 0 Å². The quantitative estimate of drug-likeness (QED) is 0.682. The predicted octanol–water partition coefficient (Wildman–Crippen LogP) is 2.74. The zero-order valence-corrected chi connectivity index (χ0v) is 9.80. The minimum atomic E-state index is -0.561. The predicted molar refractivity (Wildman–Crippen MR) is 59.1 cm³/mol. The first kappa shape index (κ1) is 12.0. The molecule has 0 aliphatic carbocycles. The third-order valence-electron chi connectivity index (χ3n) is 1.74. The number of benzene rings is 1. The van der Waals surface area contributed by atoms with E-state index in [9.17, 15) is 9.18 Å². The minimum absolute atomic E-state index is 0.0679. The SMILES string of the molecule is CCCOC(=O)c1cc(N)c(F)cc1Br. The van der Waals surface area contributed by atoms with Crippen molar-refractivity contribution >= 4 is 27.6 Å². The molecule has 15 heavy (non-hydrogen) atoms. The number of ether oxygens (including phenoxy) is 1. The first-order valence-corrected chi connectivity index (χ1v) is 5.27. The molecule has 82 valence electrons. The summed E-state index contributed by atoms with van der Waals surface area (Å²) in [5, 5.41) is 0. The van der Waals surface area contributed by atoms with Crippen LogP contribution in [0.4, 0.5) is 10.1 Å². The molecule has 0 spiro atoms. The Bertz CT molecular complexity index is 382. The van der Waals surface area contributed by atoms with E-state index in [2.05, 4.69) is 15.9 Å². The Morgan fingerprint density at radius 1 is 1.60 bits per heavy atom. The van der Waals surface area contributed by atoms with Gasteiger partial charge in [-0.2, -0.15) is 0 Å². The average molecular weight is 276 g/mol. The van der Waals surface area contributed by atoms with Crippen LogP contribution in [-0.4, -0.2) is 12.6 Å². The van der Waals surface area contributed by atoms with E-state index in [-0.39, 0.29) is 11.3 Å². The number of nitrogen functional groups attached to an aromatic ring is 1. The van der Waals surface area contributed by atoms with Crippen LogP contribution in [0.15, 0.2) is 16.6 Å². The highest BCUT2D eigenvalue weighted by atomic mass is 79.9. The Hall–Kier alpha value is -1.10. The monoisotopic (exact) mass is 275 g/mol. The summed E-state index contributed by atoms with van der Waals surface area (Å²) in [5.74, 6) is -1.07. The highest BCUT2D eigenvalue weighted by Crippen LogP contribution is 2.23. The molecule has 0 aliphatic rings. The molecule has 0 amide bonds. The number of carbonyl (C=O) groups is 1. The second-order valence-electron chi connectivity index (χ2n) is 2.99. The van der Waals surface area contributed by atoms with Gasteiger partial charge in [-0.3, -0.25) is 0 Å². The lowest BCUT2D eigenvalue weighted by molar-refractivity contribution is 0.0504. The van der Waals surface area contributed by atoms with E-state index in [1.165, 1.54) is 6.07 Å². The molecule has 0 unspecified atom stereocenters. The lowest BCUT2D eigenvalue weighted by atomic mass is 10.2. The lowest BCUT2D eigenvalue weighted by Crippen LogP contribution is -2.08. The van der Waals surface area contributed by atoms with Gasteiger partial charge in [0, 0.05) is 4.47 Å². The van der Waals surface area contributed by atoms with E-state index in [1.807, 2.05) is 6.92 Å². The largest absolute Gasteiger partial charge is 0.462 e. The summed E-state index contributed by atoms with van der Waals surface area (Å²) in [6, 6.07) is 2.41. The smallest absolute Gasteiger partial charge is 0.339 e. The van der Waals surface area contributed by atoms with E-state index in [4.69, 9.17) is 10.5 Å². The van der Waals surface area contributed by atoms with Gasteiger partial charge in [-0.15, -0.1) is 0 Å². The molecule has 0 radical (unpaired) electrons. The molecule has 0 saturated heterocycles. The Morgan fingerprint density at radius 3 is 2.87 bits per heavy atom. The topological polar surface area (TPSA) is 52.3 Å². The van der Waals surface area contributed by atoms with Gasteiger partial charge in [-0.25, -0.2) is 9.18 Å². The van der Waals surface area contributed by atoms with Crippen molar-refractivity contribution in [3.05, 3.63) is 28.0 Å². The molecule has 5 heteroatoms. The summed E-state index contributed by atoms with van der Waals surface area (Å²) >= 11 is 3.08. The zero-order valence-electron chi connectivity index (χ0n) is 8.22. The van der Waals surface area contributed by atoms with E-state index < -0.39 is 11.8 Å². The summed E-state index contributed by atoms with van der Waals surface area (Å²) < 4.78 is 18.2. The standard InChI is InChI=1S/C10H11BrFNO2/c1-2-3-15-10(14)6-4-9(13)8(12)5-7(6)11/h4-5H,2-3,13H2,1H3. The molecular weight excluding hydrogens is 265 g/mol. The molecular formula is C10H11BrFNO2. The maximum absolute atomic E-state index is 13.0. The van der Waals surface area contributed by atoms with Crippen molar-refractivity contribution < 1.29 is 13.9 Å². The lowest BCUT2D eigenvalue weighted by Gasteiger charge is -2.06. The van der Waals surface area contributed by atoms with Crippen molar-refractivity contribution in [1.29, 1.82) is 0 Å². The molecule has 1 aromatic rings. The molecule has 0 saturated carbocycles. The Labute approximate surface area is 95.5 Å². The van der Waals surface area contributed by atoms with Gasteiger partial charge in [0.05, 0.1) is 17.9 Å². The fourth-order valence-electron chi connectivity index (χ4n) is 0.995. The van der Waals surface area contributed by atoms with Gasteiger partial charge in [-0.05, 0) is 34.5 Å². The first-order valence-electron chi connectivity index (χ1n) is 4.48. The number of halogens is 2. The summed E-state index contributed by atoms with van der Waals surface area (Å²) in [4.78, 5) is 11.5. The van der Waals surface area contributed by atoms with Crippen LogP contribution in [0, 0.1) is 5.82 Å². The van der Waals surface area contributed by atoms with E-state index >= 15 is 0 Å². The highest BCUT2D eigenvalue weighted by Gasteiger charge is 2.14. The van der Waals surface area contributed by atoms with Crippen molar-refractivity contribution in [3.8, 4) is 0 Å². The third-order valence-corrected chi connectivity index (χ3v) is 2.40. The van der Waals surface area contributed by atoms with Crippen molar-refractivity contribution in [2.45, 2.75) is 13.3 Å². The molecule has 0 atom stereocenters. The highest BCUT2D eigenvalue weighted by molar-refractivity contribution is 9.10. The van der Waals surface area contributed by atoms with Gasteiger partial charge in [0.1, 0.15) is 5.82 Å². The first-order chi connectivity index (χ1) is 7.06. The van der Waals surface area contributed by atoms with Crippen LogP contribution in [0.3, 0.4) is 0 Å². The van der Waals surface area contributed by atoms with Crippen LogP contribution < -0.4 is 5.73 Å². The van der Waals surface area contributed by atoms with Gasteiger partial charge in [0.25, 0.3) is 0 Å². The minimum Gasteiger partial charge on any atom is -0.462 e. The Morgan fingerprint density at radius 2 is 2.27 bits per heavy atom. The maximum atomic E-state index is 13.0. The van der Waals surface area contributed by atoms with Gasteiger partial charge in [0.15, 0.2) is 0 Å². The number of nitrogens with two attached hydrogens (primary N) is 1. The average Bonchev–Trinajstić information content (AvgIpc) is 2.20. The van der Waals surface area contributed by atoms with Crippen LogP contribution in [-0.2, 0) is 4.74 Å². The molecule has 0 bridgehead atoms. The van der Waals surface area contributed by atoms with Gasteiger partial charge >= 0.3 is 5.97 Å². The number of carbonyl (C=O) groups excluding carboxylic acids is 1. The van der Waals surface area contributed by atoms with Crippen LogP contribution >= 0.6 is 15.9 Å². The molecule has 1 rings (SSSR count). The maximum Gasteiger partial charge on any atom is 0.339 e. The van der Waals surface area contributed by atoms with E-state index in [0.29, 0.717) is 11.1 Å². The molecule has 1 aromatic carbocycles. The van der Waals surface area contributed by atoms with Crippen LogP contribution in [0.25, 0.3) is 0 Å². The zero-order chi connectivity index (χ0) is 11.4. The fourth-order valence-corrected chi connectivity index (χ4v) is 1.47. The molecule has 0 aromatic heterocycles. The van der Waals surface area contributed by atoms with Crippen molar-refractivity contribution in [2.24, 2.45) is 0 Å². The normalized spacial score (nSPS) is 10.1. The number of anilines is 1. The molecule has 0 heterocycles. The van der Waals surface area contributed by atoms with Crippen LogP contribution in [0.1, 0.15) is 23.7 Å². The number of rotatable bonds is 3. The molecule has 3 nitrogen and oxygen atoms in total. The summed E-state index contributed by atoms with van der Waals surface area (Å²) in [6.45, 7) is 2.23. The van der Waals surface area contributed by atoms with Crippen molar-refractivity contribution in [3.63, 3.8) is 0 Å². The molecule has 0 aliphatic heterocycles. The van der Waals surface area contributed by atoms with Crippen molar-refractivity contribution in [2.75, 3.05) is 12.3 Å². The van der Waals surface area contributed by atoms with E-state index in [1.54, 1.807) is 0 Å². The summed E-state index contributed by atoms with van der Waals surface area (Å²) in [5.41, 5.74) is 5.52.